The third-order valence-electron chi connectivity index (χ3n) is 6.35. The Labute approximate surface area is 289 Å². The van der Waals surface area contributed by atoms with Crippen molar-refractivity contribution in [3.8, 4) is 0 Å². The fraction of sp³-hybridized carbons (Fsp3) is 0.581. The van der Waals surface area contributed by atoms with Crippen molar-refractivity contribution in [1.82, 2.24) is 0 Å². The van der Waals surface area contributed by atoms with Crippen LogP contribution in [-0.4, -0.2) is 12.4 Å². The fourth-order valence-electron chi connectivity index (χ4n) is 3.22. The molecule has 1 aliphatic carbocycles. The highest BCUT2D eigenvalue weighted by molar-refractivity contribution is 7.99. The van der Waals surface area contributed by atoms with Crippen LogP contribution >= 0.6 is 11.8 Å². The molecule has 0 heterocycles. The molecule has 0 N–H and O–H groups in total. The number of unbranched alkanes of at least 4 members (excludes halogenated alkanes) is 4. The molecule has 1 nitrogen and oxygen atoms in total. The zero-order valence-electron chi connectivity index (χ0n) is 28.7. The Bertz CT molecular complexity index is 841. The average Bonchev–Trinajstić information content (AvgIpc) is 3.91. The van der Waals surface area contributed by atoms with Gasteiger partial charge in [0.1, 0.15) is 0 Å². The molecule has 45 heavy (non-hydrogen) atoms. The number of rotatable bonds is 11. The first-order valence-electron chi connectivity index (χ1n) is 16.9. The van der Waals surface area contributed by atoms with Crippen LogP contribution in [0.25, 0.3) is 0 Å². The SMILES string of the molecule is C.C.C.CCC1CC1.CCCC.CCCCCC.CCOCc1ccccc1.CCSc1ccccc1.CCc1ccccc1. The van der Waals surface area contributed by atoms with E-state index in [4.69, 9.17) is 4.74 Å². The van der Waals surface area contributed by atoms with E-state index < -0.39 is 0 Å². The molecule has 0 amide bonds. The highest BCUT2D eigenvalue weighted by atomic mass is 32.2. The molecule has 0 unspecified atom stereocenters. The monoisotopic (exact) mass is 643 g/mol. The highest BCUT2D eigenvalue weighted by Gasteiger charge is 2.17. The van der Waals surface area contributed by atoms with E-state index in [1.54, 1.807) is 0 Å². The minimum absolute atomic E-state index is 0. The van der Waals surface area contributed by atoms with Gasteiger partial charge in [0.05, 0.1) is 6.61 Å². The minimum Gasteiger partial charge on any atom is -0.377 e. The van der Waals surface area contributed by atoms with Gasteiger partial charge in [0, 0.05) is 11.5 Å². The molecular formula is C43H78OS. The molecule has 3 aromatic rings. The maximum atomic E-state index is 5.22. The maximum Gasteiger partial charge on any atom is 0.0716 e. The summed E-state index contributed by atoms with van der Waals surface area (Å²) < 4.78 is 5.22. The Hall–Kier alpha value is -2.03. The second kappa shape index (κ2) is 44.1. The fourth-order valence-corrected chi connectivity index (χ4v) is 3.90. The van der Waals surface area contributed by atoms with Crippen LogP contribution in [0.1, 0.15) is 147 Å². The summed E-state index contributed by atoms with van der Waals surface area (Å²) in [5.74, 6) is 2.29. The quantitative estimate of drug-likeness (QED) is 0.152. The van der Waals surface area contributed by atoms with Gasteiger partial charge in [0.2, 0.25) is 0 Å². The van der Waals surface area contributed by atoms with Gasteiger partial charge in [-0.2, -0.15) is 0 Å². The van der Waals surface area contributed by atoms with Crippen LogP contribution in [0.15, 0.2) is 95.9 Å². The molecule has 0 radical (unpaired) electrons. The lowest BCUT2D eigenvalue weighted by atomic mass is 10.2. The van der Waals surface area contributed by atoms with Crippen molar-refractivity contribution >= 4 is 11.8 Å². The van der Waals surface area contributed by atoms with Crippen molar-refractivity contribution in [2.24, 2.45) is 5.92 Å². The molecule has 0 aliphatic heterocycles. The van der Waals surface area contributed by atoms with Gasteiger partial charge in [-0.15, -0.1) is 11.8 Å². The van der Waals surface area contributed by atoms with E-state index in [2.05, 4.69) is 109 Å². The maximum absolute atomic E-state index is 5.22. The lowest BCUT2D eigenvalue weighted by molar-refractivity contribution is 0.134. The average molecular weight is 643 g/mol. The van der Waals surface area contributed by atoms with Crippen molar-refractivity contribution in [1.29, 1.82) is 0 Å². The summed E-state index contributed by atoms with van der Waals surface area (Å²) in [5, 5.41) is 0. The van der Waals surface area contributed by atoms with Crippen LogP contribution < -0.4 is 0 Å². The normalized spacial score (nSPS) is 10.1. The van der Waals surface area contributed by atoms with Crippen LogP contribution in [0, 0.1) is 5.92 Å². The predicted octanol–water partition coefficient (Wildman–Crippen LogP) is 15.4. The Kier molecular flexibility index (Phi) is 51.4. The first kappa shape index (κ1) is 52.5. The Morgan fingerprint density at radius 2 is 0.978 bits per heavy atom. The lowest BCUT2D eigenvalue weighted by Crippen LogP contribution is -1.90. The summed E-state index contributed by atoms with van der Waals surface area (Å²) >= 11 is 1.88. The number of ether oxygens (including phenoxy) is 1. The van der Waals surface area contributed by atoms with Crippen LogP contribution in [0.4, 0.5) is 0 Å². The lowest BCUT2D eigenvalue weighted by Gasteiger charge is -1.98. The van der Waals surface area contributed by atoms with Crippen molar-refractivity contribution in [3.05, 3.63) is 102 Å². The first-order valence-corrected chi connectivity index (χ1v) is 17.9. The topological polar surface area (TPSA) is 9.23 Å². The molecule has 0 aromatic heterocycles. The summed E-state index contributed by atoms with van der Waals surface area (Å²) in [6, 6.07) is 31.1. The molecule has 0 atom stereocenters. The van der Waals surface area contributed by atoms with Gasteiger partial charge in [0.25, 0.3) is 0 Å². The molecule has 0 spiro atoms. The summed E-state index contributed by atoms with van der Waals surface area (Å²) in [7, 11) is 0. The summed E-state index contributed by atoms with van der Waals surface area (Å²) in [4.78, 5) is 1.36. The highest BCUT2D eigenvalue weighted by Crippen LogP contribution is 2.31. The van der Waals surface area contributed by atoms with Gasteiger partial charge < -0.3 is 4.74 Å². The Balaban J connectivity index is -0.000000144. The summed E-state index contributed by atoms with van der Waals surface area (Å²) in [6.45, 7) is 18.9. The minimum atomic E-state index is 0. The van der Waals surface area contributed by atoms with Crippen LogP contribution in [0.3, 0.4) is 0 Å². The Morgan fingerprint density at radius 1 is 0.556 bits per heavy atom. The third-order valence-corrected chi connectivity index (χ3v) is 7.25. The van der Waals surface area contributed by atoms with Crippen LogP contribution in [-0.2, 0) is 17.8 Å². The van der Waals surface area contributed by atoms with Crippen LogP contribution in [0.5, 0.6) is 0 Å². The van der Waals surface area contributed by atoms with Crippen molar-refractivity contribution in [3.63, 3.8) is 0 Å². The van der Waals surface area contributed by atoms with Crippen molar-refractivity contribution < 1.29 is 4.74 Å². The van der Waals surface area contributed by atoms with Gasteiger partial charge >= 0.3 is 0 Å². The second-order valence-corrected chi connectivity index (χ2v) is 11.6. The molecule has 1 aliphatic rings. The standard InChI is InChI=1S/C9H12O.C8H10S.C8H10.C6H14.C5H10.C4H10.3CH4/c1-2-10-8-9-6-4-3-5-7-9;1-2-9-8-6-4-3-5-7-8;1-2-8-6-4-3-5-7-8;1-3-5-6-4-2;1-2-5-3-4-5;1-3-4-2;;;/h3-7H,2,8H2,1H3;3-7H,2H2,1H3;3-7H,2H2,1H3;3-6H2,1-2H3;5H,2-4H2,1H3;3-4H2,1-2H3;3*1H4. The van der Waals surface area contributed by atoms with E-state index in [1.165, 1.54) is 73.8 Å². The zero-order chi connectivity index (χ0) is 31.5. The number of benzene rings is 3. The predicted molar refractivity (Wildman–Crippen MR) is 214 cm³/mol. The Morgan fingerprint density at radius 3 is 1.24 bits per heavy atom. The third kappa shape index (κ3) is 42.0. The van der Waals surface area contributed by atoms with E-state index in [1.807, 2.05) is 49.0 Å². The molecule has 1 saturated carbocycles. The first-order chi connectivity index (χ1) is 20.6. The van der Waals surface area contributed by atoms with Crippen molar-refractivity contribution in [2.75, 3.05) is 12.4 Å². The largest absolute Gasteiger partial charge is 0.377 e. The second-order valence-electron chi connectivity index (χ2n) is 10.3. The molecular weight excluding hydrogens is 565 g/mol. The molecule has 0 bridgehead atoms. The van der Waals surface area contributed by atoms with Gasteiger partial charge in [-0.25, -0.2) is 0 Å². The van der Waals surface area contributed by atoms with Gasteiger partial charge in [-0.3, -0.25) is 0 Å². The summed E-state index contributed by atoms with van der Waals surface area (Å²) in [5.41, 5.74) is 2.65. The van der Waals surface area contributed by atoms with Crippen LogP contribution in [0.2, 0.25) is 0 Å². The van der Waals surface area contributed by atoms with E-state index in [-0.39, 0.29) is 22.3 Å². The van der Waals surface area contributed by atoms with Gasteiger partial charge in [0.15, 0.2) is 0 Å². The van der Waals surface area contributed by atoms with Gasteiger partial charge in [-0.1, -0.05) is 207 Å². The molecule has 0 saturated heterocycles. The van der Waals surface area contributed by atoms with E-state index in [9.17, 15) is 0 Å². The molecule has 3 aromatic carbocycles. The number of hydrogen-bond donors (Lipinski definition) is 0. The number of aryl methyl sites for hydroxylation is 1. The molecule has 1 fully saturated rings. The van der Waals surface area contributed by atoms with E-state index in [0.29, 0.717) is 0 Å². The number of thioether (sulfide) groups is 1. The van der Waals surface area contributed by atoms with E-state index >= 15 is 0 Å². The summed E-state index contributed by atoms with van der Waals surface area (Å²) in [6.07, 6.45) is 13.8. The zero-order valence-corrected chi connectivity index (χ0v) is 29.6. The van der Waals surface area contributed by atoms with Gasteiger partial charge in [-0.05, 0) is 48.3 Å². The van der Waals surface area contributed by atoms with Crippen molar-refractivity contribution in [2.45, 2.75) is 153 Å². The number of hydrogen-bond acceptors (Lipinski definition) is 2. The molecule has 262 valence electrons. The van der Waals surface area contributed by atoms with E-state index in [0.717, 1.165) is 31.3 Å². The molecule has 2 heteroatoms. The smallest absolute Gasteiger partial charge is 0.0716 e. The molecule has 4 rings (SSSR count).